The van der Waals surface area contributed by atoms with Gasteiger partial charge in [0.1, 0.15) is 0 Å². The molecule has 0 amide bonds. The van der Waals surface area contributed by atoms with E-state index in [4.69, 9.17) is 9.62 Å². The first-order valence-corrected chi connectivity index (χ1v) is 7.85. The smallest absolute Gasteiger partial charge is 0.278 e. The van der Waals surface area contributed by atoms with Crippen molar-refractivity contribution in [2.45, 2.75) is 45.1 Å². The first-order valence-electron chi connectivity index (χ1n) is 7.85. The van der Waals surface area contributed by atoms with Crippen molar-refractivity contribution < 1.29 is 4.52 Å². The molecule has 3 aromatic rings. The summed E-state index contributed by atoms with van der Waals surface area (Å²) in [5, 5.41) is 12.9. The number of aryl methyl sites for hydroxylation is 1. The number of nitrogens with zero attached hydrogens (tertiary/aromatic N) is 6. The molecule has 0 radical (unpaired) electrons. The second kappa shape index (κ2) is 4.78. The van der Waals surface area contributed by atoms with E-state index in [0.29, 0.717) is 17.6 Å². The fourth-order valence-electron chi connectivity index (χ4n) is 2.69. The van der Waals surface area contributed by atoms with E-state index >= 15 is 0 Å². The van der Waals surface area contributed by atoms with Crippen LogP contribution in [0.2, 0.25) is 0 Å². The van der Waals surface area contributed by atoms with Crippen molar-refractivity contribution in [1.82, 2.24) is 29.7 Å². The highest BCUT2D eigenvalue weighted by Gasteiger charge is 2.32. The number of hydrogen-bond donors (Lipinski definition) is 0. The summed E-state index contributed by atoms with van der Waals surface area (Å²) in [6, 6.07) is 2.09. The molecule has 0 spiro atoms. The van der Waals surface area contributed by atoms with E-state index < -0.39 is 0 Å². The molecule has 1 aliphatic rings. The lowest BCUT2D eigenvalue weighted by molar-refractivity contribution is 0.343. The van der Waals surface area contributed by atoms with Gasteiger partial charge in [0.2, 0.25) is 5.82 Å². The highest BCUT2D eigenvalue weighted by atomic mass is 16.5. The van der Waals surface area contributed by atoms with Crippen LogP contribution in [0.15, 0.2) is 23.0 Å². The van der Waals surface area contributed by atoms with E-state index in [0.717, 1.165) is 11.3 Å². The SMILES string of the molecule is Cn1cc(-c2noc(-c3cc(C4CC4)n(C(C)(C)C)n3)n2)cn1. The van der Waals surface area contributed by atoms with Crippen LogP contribution in [0.5, 0.6) is 0 Å². The van der Waals surface area contributed by atoms with Crippen LogP contribution in [0.1, 0.15) is 45.2 Å². The maximum Gasteiger partial charge on any atom is 0.278 e. The third kappa shape index (κ3) is 2.56. The lowest BCUT2D eigenvalue weighted by Gasteiger charge is -2.22. The van der Waals surface area contributed by atoms with Gasteiger partial charge in [-0.15, -0.1) is 0 Å². The first kappa shape index (κ1) is 14.2. The topological polar surface area (TPSA) is 74.6 Å². The zero-order valence-electron chi connectivity index (χ0n) is 13.8. The average molecular weight is 312 g/mol. The molecule has 120 valence electrons. The van der Waals surface area contributed by atoms with Crippen LogP contribution >= 0.6 is 0 Å². The van der Waals surface area contributed by atoms with Gasteiger partial charge in [0, 0.05) is 24.9 Å². The van der Waals surface area contributed by atoms with Crippen LogP contribution in [0.4, 0.5) is 0 Å². The molecule has 0 aliphatic heterocycles. The molecule has 3 aromatic heterocycles. The fraction of sp³-hybridized carbons (Fsp3) is 0.500. The van der Waals surface area contributed by atoms with Crippen LogP contribution in [-0.4, -0.2) is 29.7 Å². The van der Waals surface area contributed by atoms with Crippen molar-refractivity contribution in [3.05, 3.63) is 24.2 Å². The van der Waals surface area contributed by atoms with E-state index in [1.807, 2.05) is 13.2 Å². The summed E-state index contributed by atoms with van der Waals surface area (Å²) in [5.41, 5.74) is 2.76. The van der Waals surface area contributed by atoms with Gasteiger partial charge in [0.25, 0.3) is 5.89 Å². The van der Waals surface area contributed by atoms with Gasteiger partial charge in [-0.2, -0.15) is 15.2 Å². The predicted octanol–water partition coefficient (Wildman–Crippen LogP) is 2.97. The van der Waals surface area contributed by atoms with Crippen molar-refractivity contribution in [2.75, 3.05) is 0 Å². The standard InChI is InChI=1S/C16H20N6O/c1-16(2,3)22-13(10-5-6-10)7-12(19-22)15-18-14(20-23-15)11-8-17-21(4)9-11/h7-10H,5-6H2,1-4H3. The molecular weight excluding hydrogens is 292 g/mol. The van der Waals surface area contributed by atoms with Gasteiger partial charge in [0.15, 0.2) is 5.69 Å². The van der Waals surface area contributed by atoms with Crippen molar-refractivity contribution in [1.29, 1.82) is 0 Å². The number of aromatic nitrogens is 6. The fourth-order valence-corrected chi connectivity index (χ4v) is 2.69. The van der Waals surface area contributed by atoms with Gasteiger partial charge in [-0.05, 0) is 39.7 Å². The minimum absolute atomic E-state index is 0.0671. The monoisotopic (exact) mass is 312 g/mol. The Bertz CT molecular complexity index is 846. The van der Waals surface area contributed by atoms with Gasteiger partial charge < -0.3 is 4.52 Å². The Morgan fingerprint density at radius 3 is 2.65 bits per heavy atom. The Kier molecular flexibility index (Phi) is 2.94. The lowest BCUT2D eigenvalue weighted by atomic mass is 10.1. The second-order valence-electron chi connectivity index (χ2n) is 7.14. The third-order valence-electron chi connectivity index (χ3n) is 3.98. The van der Waals surface area contributed by atoms with E-state index in [9.17, 15) is 0 Å². The first-order chi connectivity index (χ1) is 10.9. The molecular formula is C16H20N6O. The third-order valence-corrected chi connectivity index (χ3v) is 3.98. The molecule has 23 heavy (non-hydrogen) atoms. The molecule has 0 unspecified atom stereocenters. The summed E-state index contributed by atoms with van der Waals surface area (Å²) < 4.78 is 9.23. The van der Waals surface area contributed by atoms with E-state index in [1.165, 1.54) is 18.5 Å². The molecule has 1 aliphatic carbocycles. The highest BCUT2D eigenvalue weighted by molar-refractivity contribution is 5.56. The van der Waals surface area contributed by atoms with E-state index in [-0.39, 0.29) is 5.54 Å². The molecule has 0 aromatic carbocycles. The predicted molar refractivity (Wildman–Crippen MR) is 84.7 cm³/mol. The van der Waals surface area contributed by atoms with Crippen molar-refractivity contribution in [3.63, 3.8) is 0 Å². The summed E-state index contributed by atoms with van der Waals surface area (Å²) in [5.74, 6) is 1.59. The van der Waals surface area contributed by atoms with Crippen LogP contribution in [0, 0.1) is 0 Å². The largest absolute Gasteiger partial charge is 0.332 e. The maximum atomic E-state index is 5.42. The minimum atomic E-state index is -0.0671. The maximum absolute atomic E-state index is 5.42. The molecule has 0 saturated heterocycles. The van der Waals surface area contributed by atoms with Crippen LogP contribution < -0.4 is 0 Å². The molecule has 1 fully saturated rings. The van der Waals surface area contributed by atoms with E-state index in [1.54, 1.807) is 10.9 Å². The zero-order valence-corrected chi connectivity index (χ0v) is 13.8. The normalized spacial score (nSPS) is 15.3. The number of hydrogen-bond acceptors (Lipinski definition) is 5. The molecule has 0 bridgehead atoms. The Hall–Kier alpha value is -2.44. The molecule has 4 rings (SSSR count). The summed E-state index contributed by atoms with van der Waals surface area (Å²) >= 11 is 0. The van der Waals surface area contributed by atoms with Gasteiger partial charge in [0.05, 0.1) is 17.3 Å². The van der Waals surface area contributed by atoms with Crippen LogP contribution in [0.25, 0.3) is 23.0 Å². The molecule has 1 saturated carbocycles. The van der Waals surface area contributed by atoms with Gasteiger partial charge in [-0.3, -0.25) is 9.36 Å². The molecule has 0 N–H and O–H groups in total. The summed E-state index contributed by atoms with van der Waals surface area (Å²) in [6.07, 6.45) is 6.04. The van der Waals surface area contributed by atoms with Crippen LogP contribution in [0.3, 0.4) is 0 Å². The summed E-state index contributed by atoms with van der Waals surface area (Å²) in [6.45, 7) is 6.47. The van der Waals surface area contributed by atoms with Gasteiger partial charge >= 0.3 is 0 Å². The Balaban J connectivity index is 1.72. The van der Waals surface area contributed by atoms with Gasteiger partial charge in [-0.1, -0.05) is 5.16 Å². The molecule has 7 nitrogen and oxygen atoms in total. The quantitative estimate of drug-likeness (QED) is 0.743. The minimum Gasteiger partial charge on any atom is -0.332 e. The Morgan fingerprint density at radius 2 is 2.04 bits per heavy atom. The van der Waals surface area contributed by atoms with Crippen LogP contribution in [-0.2, 0) is 12.6 Å². The lowest BCUT2D eigenvalue weighted by Crippen LogP contribution is -2.25. The summed E-state index contributed by atoms with van der Waals surface area (Å²) in [7, 11) is 1.86. The Labute approximate surface area is 134 Å². The average Bonchev–Trinajstić information content (AvgIpc) is 2.92. The highest BCUT2D eigenvalue weighted by Crippen LogP contribution is 2.42. The molecule has 3 heterocycles. The van der Waals surface area contributed by atoms with Crippen molar-refractivity contribution in [2.24, 2.45) is 7.05 Å². The number of rotatable bonds is 3. The molecule has 7 heteroatoms. The van der Waals surface area contributed by atoms with Gasteiger partial charge in [-0.25, -0.2) is 0 Å². The second-order valence-corrected chi connectivity index (χ2v) is 7.14. The molecule has 0 atom stereocenters. The zero-order chi connectivity index (χ0) is 16.2. The van der Waals surface area contributed by atoms with Crippen molar-refractivity contribution in [3.8, 4) is 23.0 Å². The Morgan fingerprint density at radius 1 is 1.26 bits per heavy atom. The van der Waals surface area contributed by atoms with Crippen molar-refractivity contribution >= 4 is 0 Å². The summed E-state index contributed by atoms with van der Waals surface area (Å²) in [4.78, 5) is 4.47. The van der Waals surface area contributed by atoms with E-state index in [2.05, 4.69) is 46.8 Å².